The Morgan fingerprint density at radius 3 is 3.00 bits per heavy atom. The standard InChI is InChI=1S/C17H26N2O2/c1-2-15-11-17(13-18,7-9-20-15)19-8-10-21-16-6-4-3-5-14(16)12-19/h3-6,15H,2,7-13,18H2,1H3. The Kier molecular flexibility index (Phi) is 4.48. The average Bonchev–Trinajstić information content (AvgIpc) is 2.77. The van der Waals surface area contributed by atoms with Crippen LogP contribution in [0.1, 0.15) is 31.7 Å². The Labute approximate surface area is 127 Å². The van der Waals surface area contributed by atoms with E-state index in [2.05, 4.69) is 30.0 Å². The second-order valence-electron chi connectivity index (χ2n) is 6.16. The summed E-state index contributed by atoms with van der Waals surface area (Å²) in [5, 5.41) is 0. The molecule has 0 amide bonds. The van der Waals surface area contributed by atoms with E-state index in [1.807, 2.05) is 6.07 Å². The number of nitrogens with zero attached hydrogens (tertiary/aromatic N) is 1. The fraction of sp³-hybridized carbons (Fsp3) is 0.647. The summed E-state index contributed by atoms with van der Waals surface area (Å²) in [7, 11) is 0. The minimum absolute atomic E-state index is 0.0553. The first-order chi connectivity index (χ1) is 10.3. The second kappa shape index (κ2) is 6.34. The molecule has 1 saturated heterocycles. The predicted octanol–water partition coefficient (Wildman–Crippen LogP) is 2.17. The number of ether oxygens (including phenoxy) is 2. The maximum atomic E-state index is 6.22. The molecule has 0 spiro atoms. The van der Waals surface area contributed by atoms with Crippen molar-refractivity contribution in [1.82, 2.24) is 4.90 Å². The third-order valence-electron chi connectivity index (χ3n) is 4.99. The first-order valence-corrected chi connectivity index (χ1v) is 8.05. The van der Waals surface area contributed by atoms with Gasteiger partial charge >= 0.3 is 0 Å². The monoisotopic (exact) mass is 290 g/mol. The van der Waals surface area contributed by atoms with Crippen molar-refractivity contribution in [2.45, 2.75) is 44.4 Å². The lowest BCUT2D eigenvalue weighted by Crippen LogP contribution is -2.58. The van der Waals surface area contributed by atoms with Crippen LogP contribution >= 0.6 is 0 Å². The van der Waals surface area contributed by atoms with Crippen LogP contribution in [0.15, 0.2) is 24.3 Å². The van der Waals surface area contributed by atoms with Crippen LogP contribution in [0.25, 0.3) is 0 Å². The minimum atomic E-state index is 0.0553. The van der Waals surface area contributed by atoms with Crippen LogP contribution in [0, 0.1) is 0 Å². The maximum absolute atomic E-state index is 6.22. The molecule has 2 aliphatic heterocycles. The summed E-state index contributed by atoms with van der Waals surface area (Å²) in [5.41, 5.74) is 7.54. The molecule has 0 aromatic heterocycles. The van der Waals surface area contributed by atoms with Gasteiger partial charge in [0.15, 0.2) is 0 Å². The van der Waals surface area contributed by atoms with Crippen LogP contribution in [0.5, 0.6) is 5.75 Å². The lowest BCUT2D eigenvalue weighted by molar-refractivity contribution is -0.0754. The smallest absolute Gasteiger partial charge is 0.123 e. The zero-order valence-corrected chi connectivity index (χ0v) is 12.9. The number of para-hydroxylation sites is 1. The molecular formula is C17H26N2O2. The van der Waals surface area contributed by atoms with Gasteiger partial charge in [0.05, 0.1) is 6.10 Å². The molecule has 1 aromatic rings. The fourth-order valence-electron chi connectivity index (χ4n) is 3.59. The topological polar surface area (TPSA) is 47.7 Å². The van der Waals surface area contributed by atoms with Crippen molar-refractivity contribution in [1.29, 1.82) is 0 Å². The van der Waals surface area contributed by atoms with Crippen molar-refractivity contribution in [2.24, 2.45) is 5.73 Å². The summed E-state index contributed by atoms with van der Waals surface area (Å²) in [4.78, 5) is 2.53. The van der Waals surface area contributed by atoms with Crippen LogP contribution in [0.3, 0.4) is 0 Å². The minimum Gasteiger partial charge on any atom is -0.492 e. The van der Waals surface area contributed by atoms with Gasteiger partial charge in [-0.3, -0.25) is 4.90 Å². The molecule has 4 nitrogen and oxygen atoms in total. The van der Waals surface area contributed by atoms with Gasteiger partial charge in [0.1, 0.15) is 12.4 Å². The van der Waals surface area contributed by atoms with Gasteiger partial charge in [-0.1, -0.05) is 25.1 Å². The zero-order chi connectivity index (χ0) is 14.7. The van der Waals surface area contributed by atoms with Crippen LogP contribution in [-0.2, 0) is 11.3 Å². The van der Waals surface area contributed by atoms with Crippen molar-refractivity contribution in [3.8, 4) is 5.75 Å². The van der Waals surface area contributed by atoms with Crippen molar-refractivity contribution in [3.05, 3.63) is 29.8 Å². The summed E-state index contributed by atoms with van der Waals surface area (Å²) in [6.45, 7) is 6.28. The van der Waals surface area contributed by atoms with Gasteiger partial charge in [0, 0.05) is 37.3 Å². The van der Waals surface area contributed by atoms with E-state index < -0.39 is 0 Å². The highest BCUT2D eigenvalue weighted by atomic mass is 16.5. The quantitative estimate of drug-likeness (QED) is 0.927. The molecule has 1 aromatic carbocycles. The molecule has 4 heteroatoms. The predicted molar refractivity (Wildman–Crippen MR) is 83.4 cm³/mol. The molecule has 2 heterocycles. The molecule has 3 rings (SSSR count). The van der Waals surface area contributed by atoms with E-state index in [1.165, 1.54) is 5.56 Å². The lowest BCUT2D eigenvalue weighted by atomic mass is 9.83. The molecule has 21 heavy (non-hydrogen) atoms. The Bertz CT molecular complexity index is 480. The zero-order valence-electron chi connectivity index (χ0n) is 12.9. The normalized spacial score (nSPS) is 30.3. The Balaban J connectivity index is 1.84. The molecular weight excluding hydrogens is 264 g/mol. The first kappa shape index (κ1) is 14.8. The summed E-state index contributed by atoms with van der Waals surface area (Å²) in [5.74, 6) is 1.02. The third-order valence-corrected chi connectivity index (χ3v) is 4.99. The van der Waals surface area contributed by atoms with Gasteiger partial charge in [-0.05, 0) is 25.3 Å². The van der Waals surface area contributed by atoms with Gasteiger partial charge in [0.2, 0.25) is 0 Å². The van der Waals surface area contributed by atoms with Crippen molar-refractivity contribution in [3.63, 3.8) is 0 Å². The molecule has 2 atom stereocenters. The van der Waals surface area contributed by atoms with Gasteiger partial charge in [-0.15, -0.1) is 0 Å². The number of nitrogens with two attached hydrogens (primary N) is 1. The van der Waals surface area contributed by atoms with E-state index in [9.17, 15) is 0 Å². The lowest BCUT2D eigenvalue weighted by Gasteiger charge is -2.47. The summed E-state index contributed by atoms with van der Waals surface area (Å²) >= 11 is 0. The first-order valence-electron chi connectivity index (χ1n) is 8.05. The number of fused-ring (bicyclic) bond motifs is 1. The Hall–Kier alpha value is -1.10. The SMILES string of the molecule is CCC1CC(CN)(N2CCOc3ccccc3C2)CCO1. The van der Waals surface area contributed by atoms with Gasteiger partial charge in [-0.2, -0.15) is 0 Å². The van der Waals surface area contributed by atoms with E-state index >= 15 is 0 Å². The molecule has 2 N–H and O–H groups in total. The van der Waals surface area contributed by atoms with E-state index in [0.717, 1.165) is 51.3 Å². The molecule has 1 fully saturated rings. The Morgan fingerprint density at radius 2 is 2.19 bits per heavy atom. The van der Waals surface area contributed by atoms with E-state index in [4.69, 9.17) is 15.2 Å². The molecule has 0 aliphatic carbocycles. The number of benzene rings is 1. The third kappa shape index (κ3) is 2.93. The van der Waals surface area contributed by atoms with E-state index in [1.54, 1.807) is 0 Å². The summed E-state index contributed by atoms with van der Waals surface area (Å²) in [6, 6.07) is 8.34. The highest BCUT2D eigenvalue weighted by Crippen LogP contribution is 2.35. The maximum Gasteiger partial charge on any atom is 0.123 e. The van der Waals surface area contributed by atoms with Gasteiger partial charge < -0.3 is 15.2 Å². The number of hydrogen-bond acceptors (Lipinski definition) is 4. The number of rotatable bonds is 3. The summed E-state index contributed by atoms with van der Waals surface area (Å²) < 4.78 is 11.8. The van der Waals surface area contributed by atoms with E-state index in [0.29, 0.717) is 12.6 Å². The van der Waals surface area contributed by atoms with Gasteiger partial charge in [-0.25, -0.2) is 0 Å². The largest absolute Gasteiger partial charge is 0.492 e. The molecule has 116 valence electrons. The molecule has 0 saturated carbocycles. The second-order valence-corrected chi connectivity index (χ2v) is 6.16. The van der Waals surface area contributed by atoms with Crippen LogP contribution in [0.2, 0.25) is 0 Å². The van der Waals surface area contributed by atoms with Crippen molar-refractivity contribution in [2.75, 3.05) is 26.3 Å². The summed E-state index contributed by atoms with van der Waals surface area (Å²) in [6.07, 6.45) is 3.44. The highest BCUT2D eigenvalue weighted by Gasteiger charge is 2.41. The molecule has 0 radical (unpaired) electrons. The van der Waals surface area contributed by atoms with Crippen LogP contribution in [0.4, 0.5) is 0 Å². The van der Waals surface area contributed by atoms with Crippen LogP contribution < -0.4 is 10.5 Å². The molecule has 2 unspecified atom stereocenters. The highest BCUT2D eigenvalue weighted by molar-refractivity contribution is 5.34. The van der Waals surface area contributed by atoms with E-state index in [-0.39, 0.29) is 5.54 Å². The van der Waals surface area contributed by atoms with Crippen LogP contribution in [-0.4, -0.2) is 42.8 Å². The number of hydrogen-bond donors (Lipinski definition) is 1. The van der Waals surface area contributed by atoms with Crippen molar-refractivity contribution >= 4 is 0 Å². The van der Waals surface area contributed by atoms with Gasteiger partial charge in [0.25, 0.3) is 0 Å². The molecule has 2 aliphatic rings. The Morgan fingerprint density at radius 1 is 1.33 bits per heavy atom. The van der Waals surface area contributed by atoms with Crippen molar-refractivity contribution < 1.29 is 9.47 Å². The molecule has 0 bridgehead atoms. The fourth-order valence-corrected chi connectivity index (χ4v) is 3.59. The average molecular weight is 290 g/mol.